The molecule has 0 aliphatic heterocycles. The van der Waals surface area contributed by atoms with Gasteiger partial charge in [-0.15, -0.1) is 0 Å². The van der Waals surface area contributed by atoms with E-state index in [4.69, 9.17) is 0 Å². The maximum atomic E-state index is 10.9. The van der Waals surface area contributed by atoms with Crippen LogP contribution in [-0.4, -0.2) is 15.2 Å². The molecule has 2 N–H and O–H groups in total. The average molecular weight is 135 g/mol. The zero-order valence-corrected chi connectivity index (χ0v) is 5.09. The lowest BCUT2D eigenvalue weighted by Gasteiger charge is -1.81. The maximum Gasteiger partial charge on any atom is 0.276 e. The molecule has 0 fully saturated rings. The van der Waals surface area contributed by atoms with Crippen LogP contribution < -0.4 is 5.56 Å². The number of aromatic amines is 2. The Balaban J connectivity index is 3.09. The number of fused-ring (bicyclic) bond motifs is 1. The third-order valence-electron chi connectivity index (χ3n) is 1.36. The van der Waals surface area contributed by atoms with Crippen molar-refractivity contribution < 1.29 is 0 Å². The Hall–Kier alpha value is -1.58. The third-order valence-corrected chi connectivity index (χ3v) is 1.36. The van der Waals surface area contributed by atoms with Crippen LogP contribution in [0.5, 0.6) is 0 Å². The van der Waals surface area contributed by atoms with E-state index in [0.717, 1.165) is 5.39 Å². The second-order valence-electron chi connectivity index (χ2n) is 2.00. The van der Waals surface area contributed by atoms with Gasteiger partial charge in [0, 0.05) is 17.8 Å². The van der Waals surface area contributed by atoms with Gasteiger partial charge in [0.1, 0.15) is 0 Å². The van der Waals surface area contributed by atoms with Gasteiger partial charge in [-0.05, 0) is 6.07 Å². The number of hydrogen-bond acceptors (Lipinski definition) is 2. The first-order chi connectivity index (χ1) is 4.88. The molecule has 2 heterocycles. The molecule has 2 rings (SSSR count). The molecule has 0 saturated heterocycles. The number of aromatic nitrogens is 3. The zero-order valence-electron chi connectivity index (χ0n) is 5.09. The summed E-state index contributed by atoms with van der Waals surface area (Å²) in [7, 11) is 0. The van der Waals surface area contributed by atoms with Crippen molar-refractivity contribution in [2.24, 2.45) is 0 Å². The molecule has 4 nitrogen and oxygen atoms in total. The molecule has 0 bridgehead atoms. The molecule has 0 spiro atoms. The van der Waals surface area contributed by atoms with Crippen molar-refractivity contribution in [3.8, 4) is 0 Å². The van der Waals surface area contributed by atoms with Gasteiger partial charge in [0.25, 0.3) is 5.56 Å². The Bertz CT molecular complexity index is 400. The number of nitrogens with zero attached hydrogens (tertiary/aromatic N) is 1. The SMILES string of the molecule is O=c1[nH]ccc2c[nH]nc12. The molecule has 10 heavy (non-hydrogen) atoms. The summed E-state index contributed by atoms with van der Waals surface area (Å²) < 4.78 is 0. The summed E-state index contributed by atoms with van der Waals surface area (Å²) in [5, 5.41) is 7.19. The highest BCUT2D eigenvalue weighted by Crippen LogP contribution is 2.00. The van der Waals surface area contributed by atoms with Gasteiger partial charge in [0.2, 0.25) is 0 Å². The standard InChI is InChI=1S/C6H5N3O/c10-6-5-4(1-2-7-6)3-8-9-5/h1-3H,(H,7,10)(H,8,9). The van der Waals surface area contributed by atoms with Crippen LogP contribution in [0.4, 0.5) is 0 Å². The predicted molar refractivity (Wildman–Crippen MR) is 36.7 cm³/mol. The monoisotopic (exact) mass is 135 g/mol. The minimum Gasteiger partial charge on any atom is -0.327 e. The van der Waals surface area contributed by atoms with Gasteiger partial charge in [0.15, 0.2) is 5.52 Å². The molecule has 0 radical (unpaired) electrons. The van der Waals surface area contributed by atoms with Crippen LogP contribution in [0.1, 0.15) is 0 Å². The highest BCUT2D eigenvalue weighted by molar-refractivity contribution is 5.75. The van der Waals surface area contributed by atoms with Gasteiger partial charge >= 0.3 is 0 Å². The molecule has 50 valence electrons. The smallest absolute Gasteiger partial charge is 0.276 e. The van der Waals surface area contributed by atoms with E-state index >= 15 is 0 Å². The normalized spacial score (nSPS) is 10.4. The van der Waals surface area contributed by atoms with Crippen LogP contribution in [0.2, 0.25) is 0 Å². The van der Waals surface area contributed by atoms with E-state index in [9.17, 15) is 4.79 Å². The summed E-state index contributed by atoms with van der Waals surface area (Å²) in [5.41, 5.74) is 0.307. The van der Waals surface area contributed by atoms with Crippen LogP contribution in [-0.2, 0) is 0 Å². The van der Waals surface area contributed by atoms with Crippen molar-refractivity contribution in [1.29, 1.82) is 0 Å². The fourth-order valence-corrected chi connectivity index (χ4v) is 0.884. The lowest BCUT2D eigenvalue weighted by atomic mass is 10.3. The largest absolute Gasteiger partial charge is 0.327 e. The summed E-state index contributed by atoms with van der Waals surface area (Å²) >= 11 is 0. The highest BCUT2D eigenvalue weighted by Gasteiger charge is 1.96. The van der Waals surface area contributed by atoms with E-state index in [-0.39, 0.29) is 5.56 Å². The van der Waals surface area contributed by atoms with E-state index < -0.39 is 0 Å². The Morgan fingerprint density at radius 2 is 2.40 bits per heavy atom. The lowest BCUT2D eigenvalue weighted by Crippen LogP contribution is -2.03. The van der Waals surface area contributed by atoms with Crippen molar-refractivity contribution in [2.75, 3.05) is 0 Å². The van der Waals surface area contributed by atoms with Crippen LogP contribution >= 0.6 is 0 Å². The summed E-state index contributed by atoms with van der Waals surface area (Å²) in [5.74, 6) is 0. The average Bonchev–Trinajstić information content (AvgIpc) is 2.36. The molecule has 2 aromatic heterocycles. The number of pyridine rings is 1. The molecule has 0 unspecified atom stereocenters. The second-order valence-corrected chi connectivity index (χ2v) is 2.00. The molecule has 2 aromatic rings. The van der Waals surface area contributed by atoms with Gasteiger partial charge in [-0.2, -0.15) is 5.10 Å². The molecular formula is C6H5N3O. The van der Waals surface area contributed by atoms with Crippen molar-refractivity contribution >= 4 is 10.9 Å². The van der Waals surface area contributed by atoms with E-state index in [1.807, 2.05) is 0 Å². The van der Waals surface area contributed by atoms with Crippen LogP contribution in [0, 0.1) is 0 Å². The Morgan fingerprint density at radius 1 is 1.50 bits per heavy atom. The minimum absolute atomic E-state index is 0.154. The minimum atomic E-state index is -0.154. The molecule has 0 aliphatic rings. The summed E-state index contributed by atoms with van der Waals surface area (Å²) in [6, 6.07) is 1.79. The lowest BCUT2D eigenvalue weighted by molar-refractivity contribution is 1.10. The van der Waals surface area contributed by atoms with Gasteiger partial charge in [-0.1, -0.05) is 0 Å². The van der Waals surface area contributed by atoms with E-state index in [2.05, 4.69) is 15.2 Å². The predicted octanol–water partition coefficient (Wildman–Crippen LogP) is 0.251. The Labute approximate surface area is 55.9 Å². The van der Waals surface area contributed by atoms with E-state index in [0.29, 0.717) is 5.52 Å². The third kappa shape index (κ3) is 0.556. The van der Waals surface area contributed by atoms with Gasteiger partial charge < -0.3 is 4.98 Å². The fraction of sp³-hybridized carbons (Fsp3) is 0. The first kappa shape index (κ1) is 5.22. The van der Waals surface area contributed by atoms with Crippen LogP contribution in [0.15, 0.2) is 23.3 Å². The fourth-order valence-electron chi connectivity index (χ4n) is 0.884. The number of H-pyrrole nitrogens is 2. The van der Waals surface area contributed by atoms with Crippen LogP contribution in [0.3, 0.4) is 0 Å². The van der Waals surface area contributed by atoms with E-state index in [1.54, 1.807) is 18.5 Å². The van der Waals surface area contributed by atoms with Crippen molar-refractivity contribution in [3.05, 3.63) is 28.8 Å². The second kappa shape index (κ2) is 1.70. The molecule has 0 amide bonds. The summed E-state index contributed by atoms with van der Waals surface area (Å²) in [4.78, 5) is 13.4. The van der Waals surface area contributed by atoms with Crippen molar-refractivity contribution in [2.45, 2.75) is 0 Å². The van der Waals surface area contributed by atoms with Crippen molar-refractivity contribution in [3.63, 3.8) is 0 Å². The topological polar surface area (TPSA) is 61.5 Å². The summed E-state index contributed by atoms with van der Waals surface area (Å²) in [6.45, 7) is 0. The number of rotatable bonds is 0. The molecule has 4 heteroatoms. The Kier molecular flexibility index (Phi) is 0.887. The first-order valence-corrected chi connectivity index (χ1v) is 2.89. The first-order valence-electron chi connectivity index (χ1n) is 2.89. The molecule has 0 atom stereocenters. The molecule has 0 aliphatic carbocycles. The quantitative estimate of drug-likeness (QED) is 0.544. The highest BCUT2D eigenvalue weighted by atomic mass is 16.1. The summed E-state index contributed by atoms with van der Waals surface area (Å²) in [6.07, 6.45) is 3.28. The number of nitrogens with one attached hydrogen (secondary N) is 2. The molecule has 0 saturated carbocycles. The van der Waals surface area contributed by atoms with Gasteiger partial charge in [-0.3, -0.25) is 9.89 Å². The molecular weight excluding hydrogens is 130 g/mol. The number of hydrogen-bond donors (Lipinski definition) is 2. The van der Waals surface area contributed by atoms with Gasteiger partial charge in [-0.25, -0.2) is 0 Å². The molecule has 0 aromatic carbocycles. The zero-order chi connectivity index (χ0) is 6.97. The van der Waals surface area contributed by atoms with E-state index in [1.165, 1.54) is 0 Å². The van der Waals surface area contributed by atoms with Gasteiger partial charge in [0.05, 0.1) is 0 Å². The van der Waals surface area contributed by atoms with Crippen LogP contribution in [0.25, 0.3) is 10.9 Å². The maximum absolute atomic E-state index is 10.9. The van der Waals surface area contributed by atoms with Crippen molar-refractivity contribution in [1.82, 2.24) is 15.2 Å². The Morgan fingerprint density at radius 3 is 3.20 bits per heavy atom.